The molecule has 11 heteroatoms. The van der Waals surface area contributed by atoms with Gasteiger partial charge in [-0.3, -0.25) is 9.79 Å². The zero-order valence-corrected chi connectivity index (χ0v) is 23.6. The number of amidine groups is 1. The minimum atomic E-state index is -4.79. The van der Waals surface area contributed by atoms with Crippen molar-refractivity contribution in [3.05, 3.63) is 53.1 Å². The third-order valence-corrected chi connectivity index (χ3v) is 7.44. The summed E-state index contributed by atoms with van der Waals surface area (Å²) in [5.41, 5.74) is 4.60. The molecule has 2 aliphatic heterocycles. The molecule has 0 bridgehead atoms. The largest absolute Gasteiger partial charge is 0.573 e. The SMILES string of the molecule is CC1=NCC([C@@H]2C[C@H]2C(=O)NCc2ccc(-c3cccc(OC(F)(F)F)c3)c3c2CN(C(=O)NC(C)(C)C)CC3)=N1. The quantitative estimate of drug-likeness (QED) is 0.498. The summed E-state index contributed by atoms with van der Waals surface area (Å²) >= 11 is 0. The van der Waals surface area contributed by atoms with E-state index >= 15 is 0 Å². The van der Waals surface area contributed by atoms with E-state index < -0.39 is 11.9 Å². The van der Waals surface area contributed by atoms with Gasteiger partial charge < -0.3 is 20.3 Å². The van der Waals surface area contributed by atoms with E-state index in [-0.39, 0.29) is 36.1 Å². The standard InChI is InChI=1S/C30H34F3N5O3/c1-17-34-15-26(36-17)23-13-24(23)27(39)35-14-19-8-9-21(18-6-5-7-20(12-18)41-30(31,32)33)22-10-11-38(16-25(19)22)28(40)37-29(2,3)4/h5-9,12,23-24H,10-11,13-16H2,1-4H3,(H,35,39)(H,37,40)/t23-,24-/m1/s1. The summed E-state index contributed by atoms with van der Waals surface area (Å²) in [4.78, 5) is 36.5. The van der Waals surface area contributed by atoms with Crippen molar-refractivity contribution in [3.8, 4) is 16.9 Å². The smallest absolute Gasteiger partial charge is 0.406 e. The van der Waals surface area contributed by atoms with Crippen LogP contribution >= 0.6 is 0 Å². The Labute approximate surface area is 237 Å². The number of urea groups is 1. The Morgan fingerprint density at radius 3 is 2.59 bits per heavy atom. The Morgan fingerprint density at radius 1 is 1.12 bits per heavy atom. The van der Waals surface area contributed by atoms with E-state index in [1.165, 1.54) is 18.2 Å². The van der Waals surface area contributed by atoms with E-state index in [0.717, 1.165) is 40.2 Å². The van der Waals surface area contributed by atoms with Crippen molar-refractivity contribution in [2.75, 3.05) is 13.1 Å². The van der Waals surface area contributed by atoms with Crippen LogP contribution in [0.25, 0.3) is 11.1 Å². The second-order valence-corrected chi connectivity index (χ2v) is 11.8. The first-order valence-corrected chi connectivity index (χ1v) is 13.7. The minimum absolute atomic E-state index is 0.0461. The van der Waals surface area contributed by atoms with Crippen LogP contribution in [0.5, 0.6) is 5.75 Å². The van der Waals surface area contributed by atoms with Gasteiger partial charge in [0.15, 0.2) is 0 Å². The highest BCUT2D eigenvalue weighted by molar-refractivity contribution is 6.07. The van der Waals surface area contributed by atoms with Crippen molar-refractivity contribution in [1.29, 1.82) is 0 Å². The molecule has 2 atom stereocenters. The van der Waals surface area contributed by atoms with Gasteiger partial charge in [0.05, 0.1) is 6.54 Å². The van der Waals surface area contributed by atoms with E-state index in [0.29, 0.717) is 31.6 Å². The van der Waals surface area contributed by atoms with E-state index in [2.05, 4.69) is 25.4 Å². The molecule has 218 valence electrons. The molecule has 0 spiro atoms. The number of hydrogen-bond acceptors (Lipinski definition) is 5. The van der Waals surface area contributed by atoms with Crippen LogP contribution < -0.4 is 15.4 Å². The minimum Gasteiger partial charge on any atom is -0.406 e. The predicted molar refractivity (Wildman–Crippen MR) is 150 cm³/mol. The molecular weight excluding hydrogens is 535 g/mol. The van der Waals surface area contributed by atoms with Gasteiger partial charge in [0.25, 0.3) is 0 Å². The van der Waals surface area contributed by atoms with Gasteiger partial charge >= 0.3 is 12.4 Å². The van der Waals surface area contributed by atoms with Crippen LogP contribution in [0, 0.1) is 11.8 Å². The maximum Gasteiger partial charge on any atom is 0.573 e. The number of halogens is 3. The molecule has 0 aromatic heterocycles. The number of amides is 3. The molecule has 5 rings (SSSR count). The molecule has 8 nitrogen and oxygen atoms in total. The molecule has 0 unspecified atom stereocenters. The highest BCUT2D eigenvalue weighted by Gasteiger charge is 2.46. The Kier molecular flexibility index (Phi) is 7.56. The maximum absolute atomic E-state index is 13.0. The number of benzene rings is 2. The summed E-state index contributed by atoms with van der Waals surface area (Å²) in [6, 6.07) is 9.44. The zero-order chi connectivity index (χ0) is 29.5. The van der Waals surface area contributed by atoms with Crippen LogP contribution in [-0.4, -0.2) is 53.4 Å². The molecule has 3 amide bonds. The van der Waals surface area contributed by atoms with Crippen molar-refractivity contribution in [2.45, 2.75) is 65.5 Å². The van der Waals surface area contributed by atoms with Gasteiger partial charge in [0.2, 0.25) is 5.91 Å². The van der Waals surface area contributed by atoms with Gasteiger partial charge in [-0.25, -0.2) is 9.79 Å². The number of ether oxygens (including phenoxy) is 1. The second-order valence-electron chi connectivity index (χ2n) is 11.8. The number of hydrogen-bond donors (Lipinski definition) is 2. The highest BCUT2D eigenvalue weighted by atomic mass is 19.4. The lowest BCUT2D eigenvalue weighted by Gasteiger charge is -2.34. The fourth-order valence-corrected chi connectivity index (χ4v) is 5.45. The molecule has 2 N–H and O–H groups in total. The molecular formula is C30H34F3N5O3. The average molecular weight is 570 g/mol. The third-order valence-electron chi connectivity index (χ3n) is 7.44. The van der Waals surface area contributed by atoms with Gasteiger partial charge in [0, 0.05) is 42.7 Å². The number of carbonyl (C=O) groups excluding carboxylic acids is 2. The van der Waals surface area contributed by atoms with E-state index in [1.807, 2.05) is 39.8 Å². The van der Waals surface area contributed by atoms with Crippen LogP contribution in [0.2, 0.25) is 0 Å². The van der Waals surface area contributed by atoms with E-state index in [1.54, 1.807) is 11.0 Å². The molecule has 3 aliphatic rings. The molecule has 0 saturated heterocycles. The number of fused-ring (bicyclic) bond motifs is 1. The summed E-state index contributed by atoms with van der Waals surface area (Å²) in [7, 11) is 0. The topological polar surface area (TPSA) is 95.4 Å². The summed E-state index contributed by atoms with van der Waals surface area (Å²) in [5.74, 6) is 0.391. The van der Waals surface area contributed by atoms with Gasteiger partial charge in [-0.15, -0.1) is 13.2 Å². The normalized spacial score (nSPS) is 20.1. The van der Waals surface area contributed by atoms with Crippen molar-refractivity contribution >= 4 is 23.5 Å². The predicted octanol–water partition coefficient (Wildman–Crippen LogP) is 5.24. The zero-order valence-electron chi connectivity index (χ0n) is 23.6. The van der Waals surface area contributed by atoms with Crippen molar-refractivity contribution in [3.63, 3.8) is 0 Å². The van der Waals surface area contributed by atoms with Crippen molar-refractivity contribution < 1.29 is 27.5 Å². The first-order valence-electron chi connectivity index (χ1n) is 13.7. The number of rotatable bonds is 6. The summed E-state index contributed by atoms with van der Waals surface area (Å²) in [5, 5.41) is 6.05. The molecule has 41 heavy (non-hydrogen) atoms. The van der Waals surface area contributed by atoms with Crippen molar-refractivity contribution in [1.82, 2.24) is 15.5 Å². The van der Waals surface area contributed by atoms with Crippen LogP contribution in [0.4, 0.5) is 18.0 Å². The molecule has 2 heterocycles. The maximum atomic E-state index is 13.0. The van der Waals surface area contributed by atoms with Gasteiger partial charge in [-0.05, 0) is 80.5 Å². The van der Waals surface area contributed by atoms with Gasteiger partial charge in [0.1, 0.15) is 11.6 Å². The summed E-state index contributed by atoms with van der Waals surface area (Å²) in [6.45, 7) is 9.17. The lowest BCUT2D eigenvalue weighted by molar-refractivity contribution is -0.274. The van der Waals surface area contributed by atoms with Gasteiger partial charge in [-0.2, -0.15) is 0 Å². The summed E-state index contributed by atoms with van der Waals surface area (Å²) < 4.78 is 42.7. The lowest BCUT2D eigenvalue weighted by atomic mass is 9.87. The molecule has 2 aromatic rings. The van der Waals surface area contributed by atoms with Crippen LogP contribution in [0.3, 0.4) is 0 Å². The van der Waals surface area contributed by atoms with Gasteiger partial charge in [-0.1, -0.05) is 24.3 Å². The fraction of sp³-hybridized carbons (Fsp3) is 0.467. The number of aliphatic imine (C=N–C) groups is 2. The molecule has 1 aliphatic carbocycles. The third kappa shape index (κ3) is 6.89. The monoisotopic (exact) mass is 569 g/mol. The first kappa shape index (κ1) is 28.6. The molecule has 1 saturated carbocycles. The van der Waals surface area contributed by atoms with Crippen LogP contribution in [0.15, 0.2) is 46.4 Å². The number of alkyl halides is 3. The van der Waals surface area contributed by atoms with Crippen LogP contribution in [-0.2, 0) is 24.3 Å². The summed E-state index contributed by atoms with van der Waals surface area (Å²) in [6.07, 6.45) is -3.53. The average Bonchev–Trinajstić information content (AvgIpc) is 3.57. The molecule has 2 aromatic carbocycles. The number of nitrogens with one attached hydrogen (secondary N) is 2. The first-order chi connectivity index (χ1) is 19.3. The molecule has 0 radical (unpaired) electrons. The Hall–Kier alpha value is -3.89. The fourth-order valence-electron chi connectivity index (χ4n) is 5.45. The van der Waals surface area contributed by atoms with E-state index in [4.69, 9.17) is 0 Å². The lowest BCUT2D eigenvalue weighted by Crippen LogP contribution is -2.50. The van der Waals surface area contributed by atoms with E-state index in [9.17, 15) is 22.8 Å². The molecule has 1 fully saturated rings. The van der Waals surface area contributed by atoms with Crippen molar-refractivity contribution in [2.24, 2.45) is 21.8 Å². The Morgan fingerprint density at radius 2 is 1.90 bits per heavy atom. The van der Waals surface area contributed by atoms with Crippen LogP contribution in [0.1, 0.15) is 50.8 Å². The Bertz CT molecular complexity index is 1430. The highest BCUT2D eigenvalue weighted by Crippen LogP contribution is 2.41. The number of carbonyl (C=O) groups is 2. The Balaban J connectivity index is 1.39. The second kappa shape index (κ2) is 10.8. The number of nitrogens with zero attached hydrogens (tertiary/aromatic N) is 3.